The van der Waals surface area contributed by atoms with Crippen LogP contribution in [-0.4, -0.2) is 29.2 Å². The second-order valence-electron chi connectivity index (χ2n) is 4.66. The van der Waals surface area contributed by atoms with Crippen LogP contribution in [0.2, 0.25) is 0 Å². The molecule has 0 bridgehead atoms. The Kier molecular flexibility index (Phi) is 3.93. The molecule has 1 atom stereocenters. The van der Waals surface area contributed by atoms with Crippen molar-refractivity contribution in [3.63, 3.8) is 0 Å². The zero-order valence-corrected chi connectivity index (χ0v) is 12.7. The van der Waals surface area contributed by atoms with Crippen molar-refractivity contribution < 1.29 is 4.79 Å². The highest BCUT2D eigenvalue weighted by Crippen LogP contribution is 2.37. The van der Waals surface area contributed by atoms with E-state index in [0.29, 0.717) is 16.9 Å². The van der Waals surface area contributed by atoms with Gasteiger partial charge in [0, 0.05) is 28.3 Å². The molecule has 1 aliphatic heterocycles. The van der Waals surface area contributed by atoms with Crippen molar-refractivity contribution in [1.82, 2.24) is 4.98 Å². The molecule has 0 saturated carbocycles. The van der Waals surface area contributed by atoms with Gasteiger partial charge in [0.1, 0.15) is 0 Å². The minimum absolute atomic E-state index is 0.0196. The van der Waals surface area contributed by atoms with Gasteiger partial charge >= 0.3 is 0 Å². The highest BCUT2D eigenvalue weighted by Gasteiger charge is 2.23. The molecule has 1 aromatic carbocycles. The summed E-state index contributed by atoms with van der Waals surface area (Å²) in [4.78, 5) is 19.6. The van der Waals surface area contributed by atoms with Crippen LogP contribution in [-0.2, 0) is 4.79 Å². The summed E-state index contributed by atoms with van der Waals surface area (Å²) in [6, 6.07) is 8.24. The molecule has 1 amide bonds. The number of nitrogens with zero attached hydrogens (tertiary/aromatic N) is 2. The largest absolute Gasteiger partial charge is 0.360 e. The molecule has 2 aromatic rings. The van der Waals surface area contributed by atoms with Crippen LogP contribution in [0.4, 0.5) is 10.8 Å². The Morgan fingerprint density at radius 2 is 2.35 bits per heavy atom. The molecule has 3 rings (SSSR count). The van der Waals surface area contributed by atoms with Gasteiger partial charge in [0.15, 0.2) is 5.13 Å². The quantitative estimate of drug-likeness (QED) is 0.946. The first-order chi connectivity index (χ1) is 9.72. The number of thiazole rings is 1. The molecular weight excluding hydrogens is 290 g/mol. The second kappa shape index (κ2) is 5.85. The van der Waals surface area contributed by atoms with Crippen LogP contribution in [0.5, 0.6) is 0 Å². The highest BCUT2D eigenvalue weighted by molar-refractivity contribution is 8.00. The van der Waals surface area contributed by atoms with Crippen LogP contribution in [0, 0.1) is 0 Å². The lowest BCUT2D eigenvalue weighted by atomic mass is 10.2. The van der Waals surface area contributed by atoms with Gasteiger partial charge in [-0.25, -0.2) is 4.98 Å². The van der Waals surface area contributed by atoms with Crippen molar-refractivity contribution in [2.75, 3.05) is 23.3 Å². The maximum Gasteiger partial charge on any atom is 0.245 e. The van der Waals surface area contributed by atoms with Crippen LogP contribution in [0.3, 0.4) is 0 Å². The van der Waals surface area contributed by atoms with Crippen molar-refractivity contribution in [3.05, 3.63) is 35.8 Å². The van der Waals surface area contributed by atoms with Crippen LogP contribution in [0.1, 0.15) is 6.92 Å². The third kappa shape index (κ3) is 2.96. The molecule has 20 heavy (non-hydrogen) atoms. The molecule has 0 fully saturated rings. The Hall–Kier alpha value is -1.53. The number of nitrogens with one attached hydrogen (secondary N) is 1. The van der Waals surface area contributed by atoms with E-state index in [1.165, 1.54) is 16.2 Å². The minimum atomic E-state index is -0.0196. The van der Waals surface area contributed by atoms with Crippen LogP contribution in [0.25, 0.3) is 0 Å². The van der Waals surface area contributed by atoms with E-state index in [-0.39, 0.29) is 5.91 Å². The molecule has 1 aliphatic rings. The molecule has 1 N–H and O–H groups in total. The number of amides is 1. The van der Waals surface area contributed by atoms with E-state index in [1.807, 2.05) is 29.3 Å². The summed E-state index contributed by atoms with van der Waals surface area (Å²) in [5.74, 6) is -0.0196. The molecular formula is C14H15N3OS2. The minimum Gasteiger partial charge on any atom is -0.360 e. The fraction of sp³-hybridized carbons (Fsp3) is 0.286. The van der Waals surface area contributed by atoms with Gasteiger partial charge in [0.2, 0.25) is 5.91 Å². The van der Waals surface area contributed by atoms with Crippen molar-refractivity contribution in [3.8, 4) is 0 Å². The maximum absolute atomic E-state index is 12.1. The van der Waals surface area contributed by atoms with Crippen molar-refractivity contribution >= 4 is 39.8 Å². The Labute approximate surface area is 126 Å². The fourth-order valence-corrected chi connectivity index (χ4v) is 3.96. The number of para-hydroxylation sites is 1. The molecule has 0 saturated heterocycles. The summed E-state index contributed by atoms with van der Waals surface area (Å²) < 4.78 is 0. The number of anilines is 2. The molecule has 6 heteroatoms. The predicted octanol–water partition coefficient (Wildman–Crippen LogP) is 3.08. The molecule has 2 heterocycles. The molecule has 104 valence electrons. The predicted molar refractivity (Wildman–Crippen MR) is 84.7 cm³/mol. The number of aromatic nitrogens is 1. The first-order valence-corrected chi connectivity index (χ1v) is 8.18. The smallest absolute Gasteiger partial charge is 0.245 e. The maximum atomic E-state index is 12.1. The number of fused-ring (bicyclic) bond motifs is 1. The number of thioether (sulfide) groups is 1. The third-order valence-corrected chi connectivity index (χ3v) is 4.86. The van der Waals surface area contributed by atoms with E-state index in [2.05, 4.69) is 34.3 Å². The Balaban J connectivity index is 1.72. The number of hydrogen-bond donors (Lipinski definition) is 1. The van der Waals surface area contributed by atoms with Gasteiger partial charge in [-0.3, -0.25) is 4.79 Å². The van der Waals surface area contributed by atoms with Crippen molar-refractivity contribution in [1.29, 1.82) is 0 Å². The lowest BCUT2D eigenvalue weighted by Crippen LogP contribution is -2.39. The van der Waals surface area contributed by atoms with Crippen molar-refractivity contribution in [2.24, 2.45) is 0 Å². The van der Waals surface area contributed by atoms with Crippen LogP contribution < -0.4 is 10.2 Å². The fourth-order valence-electron chi connectivity index (χ4n) is 2.25. The SMILES string of the molecule is C[C@H]1CN(CC(=O)Nc2nccs2)c2ccccc2S1. The average molecular weight is 305 g/mol. The summed E-state index contributed by atoms with van der Waals surface area (Å²) in [7, 11) is 0. The summed E-state index contributed by atoms with van der Waals surface area (Å²) in [6.07, 6.45) is 1.69. The Morgan fingerprint density at radius 1 is 1.50 bits per heavy atom. The van der Waals surface area contributed by atoms with Gasteiger partial charge in [0.25, 0.3) is 0 Å². The zero-order chi connectivity index (χ0) is 13.9. The van der Waals surface area contributed by atoms with Gasteiger partial charge in [-0.15, -0.1) is 23.1 Å². The second-order valence-corrected chi connectivity index (χ2v) is 7.04. The topological polar surface area (TPSA) is 45.2 Å². The Morgan fingerprint density at radius 3 is 3.15 bits per heavy atom. The molecule has 0 radical (unpaired) electrons. The van der Waals surface area contributed by atoms with E-state index in [4.69, 9.17) is 0 Å². The molecule has 1 aromatic heterocycles. The first-order valence-electron chi connectivity index (χ1n) is 6.42. The zero-order valence-electron chi connectivity index (χ0n) is 11.1. The summed E-state index contributed by atoms with van der Waals surface area (Å²) in [6.45, 7) is 3.43. The standard InChI is InChI=1S/C14H15N3OS2/c1-10-8-17(11-4-2-3-5-12(11)20-10)9-13(18)16-14-15-6-7-19-14/h2-7,10H,8-9H2,1H3,(H,15,16,18)/t10-/m0/s1. The average Bonchev–Trinajstić information content (AvgIpc) is 2.91. The van der Waals surface area contributed by atoms with Gasteiger partial charge in [-0.05, 0) is 12.1 Å². The summed E-state index contributed by atoms with van der Waals surface area (Å²) in [5, 5.41) is 5.83. The summed E-state index contributed by atoms with van der Waals surface area (Å²) >= 11 is 3.30. The first kappa shape index (κ1) is 13.5. The number of hydrogen-bond acceptors (Lipinski definition) is 5. The molecule has 0 spiro atoms. The summed E-state index contributed by atoms with van der Waals surface area (Å²) in [5.41, 5.74) is 1.14. The third-order valence-electron chi connectivity index (χ3n) is 3.02. The molecule has 0 aliphatic carbocycles. The van der Waals surface area contributed by atoms with Crippen LogP contribution in [0.15, 0.2) is 40.7 Å². The lowest BCUT2D eigenvalue weighted by molar-refractivity contribution is -0.115. The van der Waals surface area contributed by atoms with Gasteiger partial charge < -0.3 is 10.2 Å². The van der Waals surface area contributed by atoms with E-state index >= 15 is 0 Å². The lowest BCUT2D eigenvalue weighted by Gasteiger charge is -2.33. The monoisotopic (exact) mass is 305 g/mol. The van der Waals surface area contributed by atoms with E-state index in [0.717, 1.165) is 12.2 Å². The number of carbonyl (C=O) groups is 1. The van der Waals surface area contributed by atoms with Gasteiger partial charge in [-0.1, -0.05) is 19.1 Å². The van der Waals surface area contributed by atoms with Crippen molar-refractivity contribution in [2.45, 2.75) is 17.1 Å². The molecule has 4 nitrogen and oxygen atoms in total. The number of rotatable bonds is 3. The number of carbonyl (C=O) groups excluding carboxylic acids is 1. The van der Waals surface area contributed by atoms with E-state index in [1.54, 1.807) is 6.20 Å². The van der Waals surface area contributed by atoms with Gasteiger partial charge in [0.05, 0.1) is 12.2 Å². The Bertz CT molecular complexity index is 600. The number of benzene rings is 1. The molecule has 0 unspecified atom stereocenters. The highest BCUT2D eigenvalue weighted by atomic mass is 32.2. The van der Waals surface area contributed by atoms with E-state index < -0.39 is 0 Å². The normalized spacial score (nSPS) is 17.6. The van der Waals surface area contributed by atoms with E-state index in [9.17, 15) is 4.79 Å². The van der Waals surface area contributed by atoms with Crippen LogP contribution >= 0.6 is 23.1 Å². The van der Waals surface area contributed by atoms with Gasteiger partial charge in [-0.2, -0.15) is 0 Å².